The maximum absolute atomic E-state index is 12.7. The summed E-state index contributed by atoms with van der Waals surface area (Å²) in [6.45, 7) is 6.64. The van der Waals surface area contributed by atoms with Crippen molar-refractivity contribution in [2.75, 3.05) is 13.7 Å². The lowest BCUT2D eigenvalue weighted by molar-refractivity contribution is -0.121. The molecule has 30 heavy (non-hydrogen) atoms. The summed E-state index contributed by atoms with van der Waals surface area (Å²) in [5.41, 5.74) is 3.29. The van der Waals surface area contributed by atoms with Gasteiger partial charge in [0.2, 0.25) is 0 Å². The van der Waals surface area contributed by atoms with Crippen molar-refractivity contribution in [3.05, 3.63) is 70.1 Å². The monoisotopic (exact) mass is 422 g/mol. The Balaban J connectivity index is 1.80. The molecule has 0 atom stereocenters. The number of ether oxygens (including phenoxy) is 1. The second-order valence-corrected chi connectivity index (χ2v) is 8.39. The zero-order valence-electron chi connectivity index (χ0n) is 17.7. The summed E-state index contributed by atoms with van der Waals surface area (Å²) in [6, 6.07) is 15.2. The molecule has 0 radical (unpaired) electrons. The second kappa shape index (κ2) is 9.76. The quantitative estimate of drug-likeness (QED) is 0.448. The molecule has 1 fully saturated rings. The van der Waals surface area contributed by atoms with Gasteiger partial charge in [-0.05, 0) is 59.5 Å². The largest absolute Gasteiger partial charge is 0.462 e. The Morgan fingerprint density at radius 1 is 1.20 bits per heavy atom. The van der Waals surface area contributed by atoms with Crippen LogP contribution >= 0.6 is 11.8 Å². The van der Waals surface area contributed by atoms with Crippen molar-refractivity contribution in [2.24, 2.45) is 4.99 Å². The van der Waals surface area contributed by atoms with E-state index in [0.29, 0.717) is 33.8 Å². The lowest BCUT2D eigenvalue weighted by atomic mass is 10.0. The van der Waals surface area contributed by atoms with Crippen molar-refractivity contribution in [3.8, 4) is 0 Å². The highest BCUT2D eigenvalue weighted by molar-refractivity contribution is 8.18. The number of benzene rings is 2. The van der Waals surface area contributed by atoms with E-state index in [1.807, 2.05) is 25.1 Å². The predicted octanol–water partition coefficient (Wildman–Crippen LogP) is 5.61. The molecule has 0 spiro atoms. The fourth-order valence-electron chi connectivity index (χ4n) is 2.87. The van der Waals surface area contributed by atoms with Gasteiger partial charge in [0.15, 0.2) is 5.17 Å². The third-order valence-electron chi connectivity index (χ3n) is 4.65. The molecular weight excluding hydrogens is 396 g/mol. The predicted molar refractivity (Wildman–Crippen MR) is 123 cm³/mol. The molecule has 0 aromatic heterocycles. The van der Waals surface area contributed by atoms with Crippen LogP contribution in [0.5, 0.6) is 0 Å². The zero-order valence-corrected chi connectivity index (χ0v) is 18.5. The van der Waals surface area contributed by atoms with Crippen LogP contribution in [0, 0.1) is 0 Å². The molecule has 0 unspecified atom stereocenters. The first-order valence-electron chi connectivity index (χ1n) is 10.0. The van der Waals surface area contributed by atoms with Crippen LogP contribution in [0.15, 0.2) is 58.4 Å². The first-order chi connectivity index (χ1) is 14.4. The summed E-state index contributed by atoms with van der Waals surface area (Å²) in [5, 5.41) is 0.573. The van der Waals surface area contributed by atoms with E-state index in [4.69, 9.17) is 4.74 Å². The van der Waals surface area contributed by atoms with Crippen LogP contribution < -0.4 is 0 Å². The number of hydrogen-bond donors (Lipinski definition) is 0. The molecule has 1 heterocycles. The van der Waals surface area contributed by atoms with E-state index < -0.39 is 0 Å². The maximum Gasteiger partial charge on any atom is 0.338 e. The average Bonchev–Trinajstić information content (AvgIpc) is 3.00. The number of likely N-dealkylation sites (N-methyl/N-ethyl adjacent to an activating group) is 1. The number of esters is 1. The molecule has 0 bridgehead atoms. The van der Waals surface area contributed by atoms with Gasteiger partial charge in [0.05, 0.1) is 22.8 Å². The molecule has 5 nitrogen and oxygen atoms in total. The normalized spacial score (nSPS) is 16.7. The van der Waals surface area contributed by atoms with Crippen LogP contribution in [0.4, 0.5) is 5.69 Å². The van der Waals surface area contributed by atoms with Gasteiger partial charge in [-0.2, -0.15) is 0 Å². The first-order valence-corrected chi connectivity index (χ1v) is 10.8. The second-order valence-electron chi connectivity index (χ2n) is 7.38. The Labute approximate surface area is 181 Å². The number of rotatable bonds is 6. The van der Waals surface area contributed by atoms with Gasteiger partial charge in [-0.1, -0.05) is 51.1 Å². The Bertz CT molecular complexity index is 994. The minimum atomic E-state index is -0.368. The Morgan fingerprint density at radius 2 is 1.93 bits per heavy atom. The summed E-state index contributed by atoms with van der Waals surface area (Å²) in [7, 11) is 1.70. The smallest absolute Gasteiger partial charge is 0.338 e. The van der Waals surface area contributed by atoms with E-state index >= 15 is 0 Å². The van der Waals surface area contributed by atoms with Crippen LogP contribution in [0.25, 0.3) is 6.08 Å². The molecule has 2 aromatic carbocycles. The zero-order chi connectivity index (χ0) is 21.7. The number of hydrogen-bond acceptors (Lipinski definition) is 5. The van der Waals surface area contributed by atoms with Crippen molar-refractivity contribution < 1.29 is 14.3 Å². The number of aliphatic imine (C=N–C) groups is 1. The molecule has 1 aliphatic rings. The van der Waals surface area contributed by atoms with Crippen LogP contribution in [0.2, 0.25) is 0 Å². The first kappa shape index (κ1) is 21.8. The number of carbonyl (C=O) groups excluding carboxylic acids is 2. The Hall–Kier alpha value is -2.86. The molecule has 1 aliphatic heterocycles. The lowest BCUT2D eigenvalue weighted by Crippen LogP contribution is -2.23. The molecule has 0 aliphatic carbocycles. The number of carbonyl (C=O) groups is 2. The lowest BCUT2D eigenvalue weighted by Gasteiger charge is -2.08. The van der Waals surface area contributed by atoms with E-state index in [9.17, 15) is 9.59 Å². The minimum Gasteiger partial charge on any atom is -0.462 e. The van der Waals surface area contributed by atoms with Gasteiger partial charge in [-0.15, -0.1) is 0 Å². The van der Waals surface area contributed by atoms with E-state index in [-0.39, 0.29) is 11.9 Å². The van der Waals surface area contributed by atoms with Crippen molar-refractivity contribution in [1.29, 1.82) is 0 Å². The molecule has 0 N–H and O–H groups in total. The van der Waals surface area contributed by atoms with Gasteiger partial charge in [-0.3, -0.25) is 9.69 Å². The van der Waals surface area contributed by atoms with Gasteiger partial charge in [-0.25, -0.2) is 9.79 Å². The van der Waals surface area contributed by atoms with E-state index in [1.165, 1.54) is 22.2 Å². The summed E-state index contributed by atoms with van der Waals surface area (Å²) < 4.78 is 5.18. The summed E-state index contributed by atoms with van der Waals surface area (Å²) in [4.78, 5) is 31.5. The molecule has 1 saturated heterocycles. The van der Waals surface area contributed by atoms with Crippen LogP contribution in [-0.2, 0) is 9.53 Å². The van der Waals surface area contributed by atoms with Crippen molar-refractivity contribution in [3.63, 3.8) is 0 Å². The molecular formula is C24H26N2O3S. The average molecular weight is 423 g/mol. The Morgan fingerprint density at radius 3 is 2.60 bits per heavy atom. The minimum absolute atomic E-state index is 0.0924. The van der Waals surface area contributed by atoms with Gasteiger partial charge in [0, 0.05) is 7.05 Å². The van der Waals surface area contributed by atoms with Gasteiger partial charge in [0.25, 0.3) is 5.91 Å². The molecule has 2 aromatic rings. The SMILES string of the molecule is CCCOC(=O)c1cccc(N=C2S/C(=C/c3ccc(C(C)C)cc3)C(=O)N2C)c1. The highest BCUT2D eigenvalue weighted by Gasteiger charge is 2.30. The number of nitrogens with zero attached hydrogens (tertiary/aromatic N) is 2. The highest BCUT2D eigenvalue weighted by Crippen LogP contribution is 2.33. The standard InChI is InChI=1S/C24H26N2O3S/c1-5-13-29-23(28)19-7-6-8-20(15-19)25-24-26(4)22(27)21(30-24)14-17-9-11-18(12-10-17)16(2)3/h6-12,14-16H,5,13H2,1-4H3/b21-14+,25-24?. The van der Waals surface area contributed by atoms with Gasteiger partial charge < -0.3 is 4.74 Å². The fourth-order valence-corrected chi connectivity index (χ4v) is 3.86. The van der Waals surface area contributed by atoms with Crippen LogP contribution in [0.1, 0.15) is 54.6 Å². The molecule has 0 saturated carbocycles. The van der Waals surface area contributed by atoms with Crippen LogP contribution in [-0.4, -0.2) is 35.6 Å². The maximum atomic E-state index is 12.7. The fraction of sp³-hybridized carbons (Fsp3) is 0.292. The van der Waals surface area contributed by atoms with Gasteiger partial charge in [0.1, 0.15) is 0 Å². The number of amides is 1. The van der Waals surface area contributed by atoms with Crippen molar-refractivity contribution in [1.82, 2.24) is 4.90 Å². The number of amidine groups is 1. The van der Waals surface area contributed by atoms with Crippen LogP contribution in [0.3, 0.4) is 0 Å². The Kier molecular flexibility index (Phi) is 7.11. The van der Waals surface area contributed by atoms with Gasteiger partial charge >= 0.3 is 5.97 Å². The van der Waals surface area contributed by atoms with Crippen molar-refractivity contribution in [2.45, 2.75) is 33.1 Å². The summed E-state index contributed by atoms with van der Waals surface area (Å²) in [5.74, 6) is 0.00658. The number of thioether (sulfide) groups is 1. The molecule has 156 valence electrons. The van der Waals surface area contributed by atoms with Crippen molar-refractivity contribution >= 4 is 40.6 Å². The summed E-state index contributed by atoms with van der Waals surface area (Å²) >= 11 is 1.33. The third kappa shape index (κ3) is 5.19. The molecule has 3 rings (SSSR count). The van der Waals surface area contributed by atoms with E-state index in [2.05, 4.69) is 31.0 Å². The summed E-state index contributed by atoms with van der Waals surface area (Å²) in [6.07, 6.45) is 2.65. The van der Waals surface area contributed by atoms with E-state index in [0.717, 1.165) is 12.0 Å². The van der Waals surface area contributed by atoms with E-state index in [1.54, 1.807) is 31.3 Å². The molecule has 1 amide bonds. The third-order valence-corrected chi connectivity index (χ3v) is 5.71. The highest BCUT2D eigenvalue weighted by atomic mass is 32.2. The topological polar surface area (TPSA) is 59.0 Å². The molecule has 6 heteroatoms.